The Labute approximate surface area is 140 Å². The normalized spacial score (nSPS) is 22.9. The van der Waals surface area contributed by atoms with Gasteiger partial charge >= 0.3 is 6.09 Å². The highest BCUT2D eigenvalue weighted by molar-refractivity contribution is 14.1. The lowest BCUT2D eigenvalue weighted by atomic mass is 9.90. The third-order valence-electron chi connectivity index (χ3n) is 3.84. The van der Waals surface area contributed by atoms with Crippen molar-refractivity contribution < 1.29 is 9.53 Å². The molecule has 0 unspecified atom stereocenters. The van der Waals surface area contributed by atoms with Crippen molar-refractivity contribution in [2.45, 2.75) is 64.1 Å². The highest BCUT2D eigenvalue weighted by Gasteiger charge is 2.30. The predicted octanol–water partition coefficient (Wildman–Crippen LogP) is 3.84. The summed E-state index contributed by atoms with van der Waals surface area (Å²) in [7, 11) is 1.84. The first-order chi connectivity index (χ1) is 9.76. The van der Waals surface area contributed by atoms with Crippen LogP contribution in [0.15, 0.2) is 12.4 Å². The molecule has 118 valence electrons. The van der Waals surface area contributed by atoms with Gasteiger partial charge in [-0.05, 0) is 69.0 Å². The lowest BCUT2D eigenvalue weighted by Crippen LogP contribution is -2.42. The van der Waals surface area contributed by atoms with E-state index in [1.807, 2.05) is 34.0 Å². The van der Waals surface area contributed by atoms with Gasteiger partial charge in [0.25, 0.3) is 0 Å². The van der Waals surface area contributed by atoms with Gasteiger partial charge in [0.2, 0.25) is 0 Å². The molecule has 2 rings (SSSR count). The number of aromatic nitrogens is 2. The van der Waals surface area contributed by atoms with E-state index in [0.717, 1.165) is 25.7 Å². The summed E-state index contributed by atoms with van der Waals surface area (Å²) >= 11 is 2.28. The molecule has 1 aromatic rings. The second-order valence-corrected chi connectivity index (χ2v) is 7.94. The Kier molecular flexibility index (Phi) is 5.16. The molecule has 0 radical (unpaired) electrons. The van der Waals surface area contributed by atoms with E-state index in [4.69, 9.17) is 4.74 Å². The molecule has 1 aliphatic rings. The fraction of sp³-hybridized carbons (Fsp3) is 0.733. The Morgan fingerprint density at radius 3 is 2.48 bits per heavy atom. The van der Waals surface area contributed by atoms with Gasteiger partial charge in [0.15, 0.2) is 0 Å². The van der Waals surface area contributed by atoms with Gasteiger partial charge in [-0.2, -0.15) is 5.10 Å². The molecule has 1 fully saturated rings. The Balaban J connectivity index is 1.87. The topological polar surface area (TPSA) is 47.4 Å². The fourth-order valence-corrected chi connectivity index (χ4v) is 3.12. The summed E-state index contributed by atoms with van der Waals surface area (Å²) < 4.78 is 8.66. The molecular weight excluding hydrogens is 381 g/mol. The minimum Gasteiger partial charge on any atom is -0.444 e. The number of rotatable bonds is 2. The van der Waals surface area contributed by atoms with E-state index in [9.17, 15) is 4.79 Å². The number of amides is 1. The van der Waals surface area contributed by atoms with Crippen molar-refractivity contribution in [2.75, 3.05) is 7.05 Å². The Hall–Kier alpha value is -0.790. The van der Waals surface area contributed by atoms with Crippen LogP contribution in [-0.4, -0.2) is 39.5 Å². The summed E-state index contributed by atoms with van der Waals surface area (Å²) in [6.45, 7) is 5.69. The van der Waals surface area contributed by atoms with Crippen molar-refractivity contribution in [2.24, 2.45) is 0 Å². The van der Waals surface area contributed by atoms with Crippen LogP contribution in [0.4, 0.5) is 4.79 Å². The Bertz CT molecular complexity index is 487. The molecule has 5 nitrogen and oxygen atoms in total. The lowest BCUT2D eigenvalue weighted by Gasteiger charge is -2.35. The summed E-state index contributed by atoms with van der Waals surface area (Å²) in [6.07, 6.45) is 7.85. The molecule has 1 heterocycles. The van der Waals surface area contributed by atoms with E-state index in [1.54, 1.807) is 4.90 Å². The number of hydrogen-bond acceptors (Lipinski definition) is 3. The van der Waals surface area contributed by atoms with Crippen molar-refractivity contribution in [3.63, 3.8) is 0 Å². The van der Waals surface area contributed by atoms with Gasteiger partial charge in [-0.3, -0.25) is 4.68 Å². The highest BCUT2D eigenvalue weighted by Crippen LogP contribution is 2.31. The van der Waals surface area contributed by atoms with Crippen LogP contribution in [0.25, 0.3) is 0 Å². The number of halogens is 1. The van der Waals surface area contributed by atoms with E-state index >= 15 is 0 Å². The van der Waals surface area contributed by atoms with Crippen LogP contribution in [-0.2, 0) is 4.74 Å². The van der Waals surface area contributed by atoms with Crippen molar-refractivity contribution in [1.82, 2.24) is 14.7 Å². The smallest absolute Gasteiger partial charge is 0.410 e. The van der Waals surface area contributed by atoms with Crippen molar-refractivity contribution in [3.05, 3.63) is 16.0 Å². The summed E-state index contributed by atoms with van der Waals surface area (Å²) in [5.41, 5.74) is -0.436. The maximum atomic E-state index is 12.1. The first-order valence-corrected chi connectivity index (χ1v) is 8.49. The van der Waals surface area contributed by atoms with E-state index in [0.29, 0.717) is 6.04 Å². The molecule has 0 spiro atoms. The van der Waals surface area contributed by atoms with Crippen LogP contribution in [0.2, 0.25) is 0 Å². The quantitative estimate of drug-likeness (QED) is 0.703. The molecule has 0 aliphatic heterocycles. The van der Waals surface area contributed by atoms with Crippen LogP contribution in [0.1, 0.15) is 52.5 Å². The van der Waals surface area contributed by atoms with Crippen LogP contribution in [0.5, 0.6) is 0 Å². The second-order valence-electron chi connectivity index (χ2n) is 6.69. The third-order valence-corrected chi connectivity index (χ3v) is 4.40. The average molecular weight is 405 g/mol. The SMILES string of the molecule is CN(C(=O)OC(C)(C)C)C1CCC(n2cc(I)cn2)CC1. The first-order valence-electron chi connectivity index (χ1n) is 7.42. The molecule has 1 saturated carbocycles. The zero-order valence-corrected chi connectivity index (χ0v) is 15.3. The lowest BCUT2D eigenvalue weighted by molar-refractivity contribution is 0.0173. The van der Waals surface area contributed by atoms with E-state index < -0.39 is 5.60 Å². The van der Waals surface area contributed by atoms with E-state index in [1.165, 1.54) is 3.57 Å². The molecule has 1 aliphatic carbocycles. The molecule has 0 N–H and O–H groups in total. The van der Waals surface area contributed by atoms with E-state index in [2.05, 4.69) is 38.6 Å². The fourth-order valence-electron chi connectivity index (χ4n) is 2.71. The summed E-state index contributed by atoms with van der Waals surface area (Å²) in [5.74, 6) is 0. The molecule has 0 bridgehead atoms. The molecule has 0 aromatic carbocycles. The van der Waals surface area contributed by atoms with Gasteiger partial charge in [-0.25, -0.2) is 4.79 Å². The van der Waals surface area contributed by atoms with Gasteiger partial charge in [0.1, 0.15) is 5.60 Å². The minimum absolute atomic E-state index is 0.223. The van der Waals surface area contributed by atoms with Gasteiger partial charge in [0, 0.05) is 19.3 Å². The van der Waals surface area contributed by atoms with Crippen LogP contribution in [0, 0.1) is 3.57 Å². The summed E-state index contributed by atoms with van der Waals surface area (Å²) in [4.78, 5) is 13.9. The highest BCUT2D eigenvalue weighted by atomic mass is 127. The molecule has 1 amide bonds. The molecule has 21 heavy (non-hydrogen) atoms. The number of carbonyl (C=O) groups is 1. The predicted molar refractivity (Wildman–Crippen MR) is 90.2 cm³/mol. The zero-order chi connectivity index (χ0) is 15.6. The van der Waals surface area contributed by atoms with E-state index in [-0.39, 0.29) is 12.1 Å². The number of ether oxygens (including phenoxy) is 1. The van der Waals surface area contributed by atoms with Gasteiger partial charge in [0.05, 0.1) is 15.8 Å². The minimum atomic E-state index is -0.436. The maximum absolute atomic E-state index is 12.1. The number of carbonyl (C=O) groups excluding carboxylic acids is 1. The molecule has 0 atom stereocenters. The maximum Gasteiger partial charge on any atom is 0.410 e. The van der Waals surface area contributed by atoms with Crippen LogP contribution in [0.3, 0.4) is 0 Å². The molecular formula is C15H24IN3O2. The monoisotopic (exact) mass is 405 g/mol. The van der Waals surface area contributed by atoms with Gasteiger partial charge < -0.3 is 9.64 Å². The van der Waals surface area contributed by atoms with Gasteiger partial charge in [-0.15, -0.1) is 0 Å². The van der Waals surface area contributed by atoms with Crippen LogP contribution < -0.4 is 0 Å². The third kappa shape index (κ3) is 4.59. The molecule has 0 saturated heterocycles. The van der Waals surface area contributed by atoms with Gasteiger partial charge in [-0.1, -0.05) is 0 Å². The summed E-state index contributed by atoms with van der Waals surface area (Å²) in [6, 6.07) is 0.725. The second kappa shape index (κ2) is 6.54. The average Bonchev–Trinajstić information content (AvgIpc) is 2.83. The van der Waals surface area contributed by atoms with Crippen molar-refractivity contribution in [1.29, 1.82) is 0 Å². The van der Waals surface area contributed by atoms with Crippen LogP contribution >= 0.6 is 22.6 Å². The number of nitrogens with zero attached hydrogens (tertiary/aromatic N) is 3. The van der Waals surface area contributed by atoms with Crippen molar-refractivity contribution >= 4 is 28.7 Å². The Morgan fingerprint density at radius 2 is 2.00 bits per heavy atom. The molecule has 6 heteroatoms. The standard InChI is InChI=1S/C15H24IN3O2/c1-15(2,3)21-14(20)18(4)12-5-7-13(8-6-12)19-10-11(16)9-17-19/h9-10,12-13H,5-8H2,1-4H3. The first kappa shape index (κ1) is 16.6. The Morgan fingerprint density at radius 1 is 1.38 bits per heavy atom. The zero-order valence-electron chi connectivity index (χ0n) is 13.2. The number of hydrogen-bond donors (Lipinski definition) is 0. The largest absolute Gasteiger partial charge is 0.444 e. The summed E-state index contributed by atoms with van der Waals surface area (Å²) in [5, 5.41) is 4.40. The molecule has 1 aromatic heterocycles. The van der Waals surface area contributed by atoms with Crippen molar-refractivity contribution in [3.8, 4) is 0 Å².